The normalized spacial score (nSPS) is 16.7. The predicted octanol–water partition coefficient (Wildman–Crippen LogP) is 3.41. The number of amidine groups is 1. The quantitative estimate of drug-likeness (QED) is 0.780. The third kappa shape index (κ3) is 3.45. The van der Waals surface area contributed by atoms with Crippen LogP contribution in [-0.2, 0) is 4.79 Å². The first-order valence-electron chi connectivity index (χ1n) is 6.56. The first-order valence-corrected chi connectivity index (χ1v) is 7.54. The molecule has 0 amide bonds. The number of nitroso groups, excluding NO2 is 1. The van der Waals surface area contributed by atoms with E-state index in [9.17, 15) is 9.70 Å². The molecule has 106 valence electrons. The Balaban J connectivity index is 2.20. The summed E-state index contributed by atoms with van der Waals surface area (Å²) in [5.41, 5.74) is 2.13. The fraction of sp³-hybridized carbons (Fsp3) is 0.429. The minimum absolute atomic E-state index is 0.220. The maximum absolute atomic E-state index is 11.6. The van der Waals surface area contributed by atoms with E-state index in [1.165, 1.54) is 0 Å². The van der Waals surface area contributed by atoms with Gasteiger partial charge in [-0.25, -0.2) is 4.99 Å². The molecule has 1 fully saturated rings. The topological polar surface area (TPSA) is 62.1 Å². The molecule has 6 heteroatoms. The SMILES string of the molecule is CCC(=O)CN1CCSC1=Nc1ccc(N=O)cc1C. The van der Waals surface area contributed by atoms with Crippen LogP contribution in [0.1, 0.15) is 18.9 Å². The third-order valence-corrected chi connectivity index (χ3v) is 4.12. The van der Waals surface area contributed by atoms with Crippen LogP contribution in [0.25, 0.3) is 0 Å². The number of carbonyl (C=O) groups is 1. The Bertz CT molecular complexity index is 557. The van der Waals surface area contributed by atoms with Gasteiger partial charge in [0.25, 0.3) is 0 Å². The summed E-state index contributed by atoms with van der Waals surface area (Å²) in [5, 5.41) is 3.79. The molecule has 0 radical (unpaired) electrons. The molecule has 0 spiro atoms. The Labute approximate surface area is 122 Å². The van der Waals surface area contributed by atoms with E-state index in [1.54, 1.807) is 30.0 Å². The molecule has 5 nitrogen and oxygen atoms in total. The molecular weight excluding hydrogens is 274 g/mol. The Morgan fingerprint density at radius 1 is 1.45 bits per heavy atom. The Morgan fingerprint density at radius 3 is 2.90 bits per heavy atom. The van der Waals surface area contributed by atoms with Crippen LogP contribution in [0.5, 0.6) is 0 Å². The van der Waals surface area contributed by atoms with Gasteiger partial charge in [-0.15, -0.1) is 4.91 Å². The van der Waals surface area contributed by atoms with Crippen LogP contribution in [0, 0.1) is 11.8 Å². The minimum Gasteiger partial charge on any atom is -0.343 e. The van der Waals surface area contributed by atoms with Gasteiger partial charge in [0.2, 0.25) is 0 Å². The number of rotatable bonds is 5. The van der Waals surface area contributed by atoms with Crippen LogP contribution in [0.4, 0.5) is 11.4 Å². The average molecular weight is 291 g/mol. The van der Waals surface area contributed by atoms with Crippen molar-refractivity contribution >= 4 is 34.1 Å². The number of hydrogen-bond donors (Lipinski definition) is 0. The first-order chi connectivity index (χ1) is 9.63. The zero-order valence-electron chi connectivity index (χ0n) is 11.6. The molecule has 2 rings (SSSR count). The van der Waals surface area contributed by atoms with Crippen molar-refractivity contribution in [1.82, 2.24) is 4.90 Å². The van der Waals surface area contributed by atoms with Crippen molar-refractivity contribution in [3.63, 3.8) is 0 Å². The highest BCUT2D eigenvalue weighted by atomic mass is 32.2. The number of aryl methyl sites for hydroxylation is 1. The summed E-state index contributed by atoms with van der Waals surface area (Å²) in [6, 6.07) is 5.16. The maximum atomic E-state index is 11.6. The summed E-state index contributed by atoms with van der Waals surface area (Å²) < 4.78 is 0. The molecule has 1 aliphatic heterocycles. The Hall–Kier alpha value is -1.69. The lowest BCUT2D eigenvalue weighted by Gasteiger charge is -2.16. The van der Waals surface area contributed by atoms with Crippen molar-refractivity contribution in [3.8, 4) is 0 Å². The van der Waals surface area contributed by atoms with E-state index in [1.807, 2.05) is 18.7 Å². The molecule has 1 aliphatic rings. The van der Waals surface area contributed by atoms with Crippen molar-refractivity contribution in [2.45, 2.75) is 20.3 Å². The Kier molecular flexibility index (Phi) is 4.89. The monoisotopic (exact) mass is 291 g/mol. The fourth-order valence-corrected chi connectivity index (χ4v) is 2.93. The van der Waals surface area contributed by atoms with Crippen LogP contribution < -0.4 is 0 Å². The van der Waals surface area contributed by atoms with Gasteiger partial charge in [-0.05, 0) is 35.9 Å². The molecule has 1 aromatic carbocycles. The Morgan fingerprint density at radius 2 is 2.25 bits per heavy atom. The molecule has 20 heavy (non-hydrogen) atoms. The van der Waals surface area contributed by atoms with Crippen LogP contribution in [0.15, 0.2) is 28.4 Å². The second-order valence-corrected chi connectivity index (χ2v) is 5.68. The lowest BCUT2D eigenvalue weighted by atomic mass is 10.2. The number of aliphatic imine (C=N–C) groups is 1. The van der Waals surface area contributed by atoms with Crippen molar-refractivity contribution < 1.29 is 4.79 Å². The molecule has 0 N–H and O–H groups in total. The minimum atomic E-state index is 0.220. The zero-order chi connectivity index (χ0) is 14.5. The molecule has 1 aromatic rings. The van der Waals surface area contributed by atoms with E-state index in [2.05, 4.69) is 10.2 Å². The van der Waals surface area contributed by atoms with Crippen molar-refractivity contribution in [3.05, 3.63) is 28.7 Å². The standard InChI is InChI=1S/C14H17N3O2S/c1-3-12(18)9-17-6-7-20-14(17)15-13-5-4-11(16-19)8-10(13)2/h4-5,8H,3,6-7,9H2,1-2H3. The van der Waals surface area contributed by atoms with Gasteiger partial charge in [0.1, 0.15) is 5.69 Å². The molecule has 0 unspecified atom stereocenters. The number of nitrogens with zero attached hydrogens (tertiary/aromatic N) is 3. The smallest absolute Gasteiger partial charge is 0.164 e. The van der Waals surface area contributed by atoms with Gasteiger partial charge in [0.05, 0.1) is 12.2 Å². The number of benzene rings is 1. The van der Waals surface area contributed by atoms with Gasteiger partial charge in [-0.3, -0.25) is 4.79 Å². The van der Waals surface area contributed by atoms with Gasteiger partial charge in [-0.2, -0.15) is 0 Å². The zero-order valence-corrected chi connectivity index (χ0v) is 12.4. The summed E-state index contributed by atoms with van der Waals surface area (Å²) in [6.07, 6.45) is 0.549. The van der Waals surface area contributed by atoms with Gasteiger partial charge < -0.3 is 4.90 Å². The molecular formula is C14H17N3O2S. The van der Waals surface area contributed by atoms with Crippen molar-refractivity contribution in [2.75, 3.05) is 18.8 Å². The molecule has 0 bridgehead atoms. The largest absolute Gasteiger partial charge is 0.343 e. The summed E-state index contributed by atoms with van der Waals surface area (Å²) in [7, 11) is 0. The highest BCUT2D eigenvalue weighted by Gasteiger charge is 2.21. The summed E-state index contributed by atoms with van der Waals surface area (Å²) in [5.74, 6) is 1.17. The van der Waals surface area contributed by atoms with Gasteiger partial charge in [-0.1, -0.05) is 18.7 Å². The van der Waals surface area contributed by atoms with Gasteiger partial charge in [0, 0.05) is 18.7 Å². The average Bonchev–Trinajstić information content (AvgIpc) is 2.88. The highest BCUT2D eigenvalue weighted by molar-refractivity contribution is 8.14. The lowest BCUT2D eigenvalue weighted by Crippen LogP contribution is -2.30. The van der Waals surface area contributed by atoms with E-state index in [0.717, 1.165) is 28.7 Å². The lowest BCUT2D eigenvalue weighted by molar-refractivity contribution is -0.119. The van der Waals surface area contributed by atoms with E-state index < -0.39 is 0 Å². The summed E-state index contributed by atoms with van der Waals surface area (Å²) in [6.45, 7) is 5.05. The number of thioether (sulfide) groups is 1. The van der Waals surface area contributed by atoms with Gasteiger partial charge in [0.15, 0.2) is 11.0 Å². The van der Waals surface area contributed by atoms with E-state index in [-0.39, 0.29) is 5.78 Å². The molecule has 1 saturated heterocycles. The van der Waals surface area contributed by atoms with Crippen molar-refractivity contribution in [2.24, 2.45) is 10.2 Å². The summed E-state index contributed by atoms with van der Waals surface area (Å²) >= 11 is 1.65. The molecule has 1 heterocycles. The number of hydrogen-bond acceptors (Lipinski definition) is 5. The van der Waals surface area contributed by atoms with Crippen LogP contribution >= 0.6 is 11.8 Å². The van der Waals surface area contributed by atoms with Crippen LogP contribution in [0.3, 0.4) is 0 Å². The first kappa shape index (κ1) is 14.7. The maximum Gasteiger partial charge on any atom is 0.164 e. The molecule has 0 atom stereocenters. The molecule has 0 saturated carbocycles. The van der Waals surface area contributed by atoms with Crippen LogP contribution in [0.2, 0.25) is 0 Å². The summed E-state index contributed by atoms with van der Waals surface area (Å²) in [4.78, 5) is 28.7. The van der Waals surface area contributed by atoms with Crippen molar-refractivity contribution in [1.29, 1.82) is 0 Å². The van der Waals surface area contributed by atoms with Crippen LogP contribution in [-0.4, -0.2) is 34.7 Å². The molecule has 0 aliphatic carbocycles. The fourth-order valence-electron chi connectivity index (χ4n) is 1.93. The number of ketones is 1. The highest BCUT2D eigenvalue weighted by Crippen LogP contribution is 2.27. The second kappa shape index (κ2) is 6.65. The molecule has 0 aromatic heterocycles. The second-order valence-electron chi connectivity index (χ2n) is 4.62. The third-order valence-electron chi connectivity index (χ3n) is 3.13. The number of Topliss-reactive ketones (excluding diaryl/α,β-unsaturated/α-hetero) is 1. The van der Waals surface area contributed by atoms with Gasteiger partial charge >= 0.3 is 0 Å². The number of carbonyl (C=O) groups excluding carboxylic acids is 1. The van der Waals surface area contributed by atoms with E-state index in [0.29, 0.717) is 18.7 Å². The van der Waals surface area contributed by atoms with E-state index in [4.69, 9.17) is 0 Å². The van der Waals surface area contributed by atoms with E-state index >= 15 is 0 Å². The predicted molar refractivity (Wildman–Crippen MR) is 83.1 cm³/mol.